The molecule has 3 aromatic rings. The van der Waals surface area contributed by atoms with Crippen LogP contribution in [0.15, 0.2) is 48.8 Å². The number of carbonyl (C=O) groups excluding carboxylic acids is 1. The Morgan fingerprint density at radius 3 is 2.44 bits per heavy atom. The average molecular weight is 732 g/mol. The van der Waals surface area contributed by atoms with Crippen molar-refractivity contribution >= 4 is 44.9 Å². The number of methoxy groups -OCH3 is 1. The van der Waals surface area contributed by atoms with Crippen molar-refractivity contribution in [3.63, 3.8) is 0 Å². The third-order valence-electron chi connectivity index (χ3n) is 7.84. The average Bonchev–Trinajstić information content (AvgIpc) is 3.89. The topological polar surface area (TPSA) is 127 Å². The minimum absolute atomic E-state index is 0.00633. The number of sulfonamides is 1. The smallest absolute Gasteiger partial charge is 0.387 e. The number of aromatic amines is 1. The lowest BCUT2D eigenvalue weighted by Crippen LogP contribution is -2.39. The first-order valence-corrected chi connectivity index (χ1v) is 17.7. The highest BCUT2D eigenvalue weighted by Crippen LogP contribution is 2.38. The van der Waals surface area contributed by atoms with E-state index in [4.69, 9.17) is 42.1 Å². The molecule has 0 unspecified atom stereocenters. The van der Waals surface area contributed by atoms with Gasteiger partial charge in [-0.25, -0.2) is 18.2 Å². The number of alkyl halides is 2. The van der Waals surface area contributed by atoms with Crippen LogP contribution in [0.3, 0.4) is 0 Å². The van der Waals surface area contributed by atoms with Crippen molar-refractivity contribution in [1.29, 1.82) is 0 Å². The molecule has 1 aromatic heterocycles. The first-order chi connectivity index (χ1) is 23.0. The number of hydrogen-bond donors (Lipinski definition) is 1. The van der Waals surface area contributed by atoms with Gasteiger partial charge in [-0.1, -0.05) is 29.3 Å². The standard InChI is InChI=1S/C32H35Cl2F2N3O8S/c1-43-27-6-5-22(14-26(27)38-48(41,42)13-10-39-8-11-44-12-9-39)31(40)46-29(16-23-24(33)17-37-18-25(23)34)21-4-7-28(47-32(35)36)30(15-21)45-19-20-2-3-20/h4-7,14-15,17-18,20,29,32,38H,2-3,8-13,16,19H2,1H3/p+1/t29-/m0/s1. The third kappa shape index (κ3) is 10.0. The monoisotopic (exact) mass is 730 g/mol. The molecule has 2 heterocycles. The molecule has 1 aliphatic carbocycles. The fraction of sp³-hybridized carbons (Fsp3) is 0.438. The molecule has 0 bridgehead atoms. The van der Waals surface area contributed by atoms with E-state index in [1.54, 1.807) is 0 Å². The number of rotatable bonds is 16. The van der Waals surface area contributed by atoms with E-state index < -0.39 is 28.7 Å². The number of carbonyl (C=O) groups is 1. The summed E-state index contributed by atoms with van der Waals surface area (Å²) in [5.41, 5.74) is 0.938. The van der Waals surface area contributed by atoms with Crippen LogP contribution in [0.5, 0.6) is 17.2 Å². The van der Waals surface area contributed by atoms with Gasteiger partial charge >= 0.3 is 12.6 Å². The Bertz CT molecular complexity index is 1670. The molecule has 2 aliphatic rings. The highest BCUT2D eigenvalue weighted by molar-refractivity contribution is 7.92. The molecule has 1 aliphatic heterocycles. The fourth-order valence-electron chi connectivity index (χ4n) is 5.01. The van der Waals surface area contributed by atoms with Gasteiger partial charge in [0.15, 0.2) is 23.9 Å². The van der Waals surface area contributed by atoms with Crippen molar-refractivity contribution in [2.24, 2.45) is 5.92 Å². The Hall–Kier alpha value is -3.43. The highest BCUT2D eigenvalue weighted by atomic mass is 35.5. The van der Waals surface area contributed by atoms with Crippen LogP contribution >= 0.6 is 23.2 Å². The number of ether oxygens (including phenoxy) is 5. The van der Waals surface area contributed by atoms with Gasteiger partial charge in [-0.05, 0) is 54.7 Å². The Morgan fingerprint density at radius 2 is 1.77 bits per heavy atom. The lowest BCUT2D eigenvalue weighted by molar-refractivity contribution is -0.377. The maximum absolute atomic E-state index is 13.7. The Labute approximate surface area is 287 Å². The van der Waals surface area contributed by atoms with Crippen LogP contribution in [-0.2, 0) is 25.9 Å². The second-order valence-electron chi connectivity index (χ2n) is 11.4. The van der Waals surface area contributed by atoms with Crippen molar-refractivity contribution in [3.8, 4) is 17.2 Å². The predicted molar refractivity (Wildman–Crippen MR) is 174 cm³/mol. The van der Waals surface area contributed by atoms with E-state index in [9.17, 15) is 22.0 Å². The summed E-state index contributed by atoms with van der Waals surface area (Å²) in [7, 11) is -2.45. The largest absolute Gasteiger partial charge is 0.495 e. The summed E-state index contributed by atoms with van der Waals surface area (Å²) >= 11 is 12.9. The number of pyridine rings is 1. The number of morpholine rings is 1. The van der Waals surface area contributed by atoms with E-state index in [1.165, 1.54) is 55.9 Å². The first-order valence-electron chi connectivity index (χ1n) is 15.3. The van der Waals surface area contributed by atoms with Crippen LogP contribution in [0, 0.1) is 5.92 Å². The number of halogens is 4. The zero-order chi connectivity index (χ0) is 34.3. The van der Waals surface area contributed by atoms with E-state index in [-0.39, 0.29) is 50.7 Å². The summed E-state index contributed by atoms with van der Waals surface area (Å²) in [6.07, 6.45) is 3.96. The van der Waals surface area contributed by atoms with Gasteiger partial charge in [0, 0.05) is 31.6 Å². The highest BCUT2D eigenvalue weighted by Gasteiger charge is 2.27. The van der Waals surface area contributed by atoms with E-state index in [2.05, 4.69) is 14.4 Å². The van der Waals surface area contributed by atoms with Crippen molar-refractivity contribution in [2.75, 3.05) is 57.0 Å². The van der Waals surface area contributed by atoms with Crippen molar-refractivity contribution in [3.05, 3.63) is 75.5 Å². The molecule has 260 valence electrons. The van der Waals surface area contributed by atoms with Gasteiger partial charge in [0.05, 0.1) is 43.9 Å². The lowest BCUT2D eigenvalue weighted by Gasteiger charge is -2.26. The molecule has 48 heavy (non-hydrogen) atoms. The summed E-state index contributed by atoms with van der Waals surface area (Å²) in [5.74, 6) is -0.563. The van der Waals surface area contributed by atoms with Crippen LogP contribution in [0.4, 0.5) is 14.5 Å². The number of anilines is 1. The third-order valence-corrected chi connectivity index (χ3v) is 9.77. The molecule has 5 rings (SSSR count). The quantitative estimate of drug-likeness (QED) is 0.192. The van der Waals surface area contributed by atoms with Gasteiger partial charge in [-0.3, -0.25) is 9.62 Å². The Kier molecular flexibility index (Phi) is 12.2. The van der Waals surface area contributed by atoms with Crippen molar-refractivity contribution in [2.45, 2.75) is 32.0 Å². The van der Waals surface area contributed by atoms with Gasteiger partial charge in [0.25, 0.3) is 0 Å². The summed E-state index contributed by atoms with van der Waals surface area (Å²) in [6, 6.07) is 8.50. The molecule has 2 N–H and O–H groups in total. The molecule has 16 heteroatoms. The zero-order valence-corrected chi connectivity index (χ0v) is 28.4. The second-order valence-corrected chi connectivity index (χ2v) is 14.0. The normalized spacial score (nSPS) is 16.0. The number of H-pyrrole nitrogens is 1. The molecular formula is C32H36Cl2F2N3O8S+. The van der Waals surface area contributed by atoms with Gasteiger partial charge < -0.3 is 23.7 Å². The number of nitrogens with one attached hydrogen (secondary N) is 2. The summed E-state index contributed by atoms with van der Waals surface area (Å²) in [6.45, 7) is -0.111. The molecule has 0 amide bonds. The van der Waals surface area contributed by atoms with Gasteiger partial charge in [-0.2, -0.15) is 8.78 Å². The molecule has 11 nitrogen and oxygen atoms in total. The predicted octanol–water partition coefficient (Wildman–Crippen LogP) is 5.42. The van der Waals surface area contributed by atoms with Gasteiger partial charge in [0.1, 0.15) is 21.9 Å². The SMILES string of the molecule is COc1ccc(C(=O)O[C@@H](Cc2c(Cl)c[nH+]cc2Cl)c2ccc(OC(F)F)c(OCC3CC3)c2)cc1NS(=O)(=O)CCN1CCOCC1. The second kappa shape index (κ2) is 16.3. The molecule has 1 saturated heterocycles. The minimum Gasteiger partial charge on any atom is -0.495 e. The number of hydrogen-bond acceptors (Lipinski definition) is 9. The lowest BCUT2D eigenvalue weighted by atomic mass is 10.0. The van der Waals surface area contributed by atoms with E-state index in [0.29, 0.717) is 56.5 Å². The summed E-state index contributed by atoms with van der Waals surface area (Å²) in [4.78, 5) is 18.5. The Morgan fingerprint density at radius 1 is 1.06 bits per heavy atom. The number of esters is 1. The van der Waals surface area contributed by atoms with Gasteiger partial charge in [0.2, 0.25) is 10.0 Å². The van der Waals surface area contributed by atoms with Crippen LogP contribution in [-0.4, -0.2) is 78.2 Å². The van der Waals surface area contributed by atoms with Crippen LogP contribution in [0.1, 0.15) is 40.4 Å². The number of aromatic nitrogens is 1. The van der Waals surface area contributed by atoms with E-state index in [0.717, 1.165) is 12.8 Å². The minimum atomic E-state index is -3.83. The number of nitrogens with zero attached hydrogens (tertiary/aromatic N) is 1. The fourth-order valence-corrected chi connectivity index (χ4v) is 6.64. The Balaban J connectivity index is 1.41. The molecule has 0 radical (unpaired) electrons. The molecule has 0 spiro atoms. The maximum atomic E-state index is 13.7. The van der Waals surface area contributed by atoms with Crippen LogP contribution in [0.2, 0.25) is 10.0 Å². The summed E-state index contributed by atoms with van der Waals surface area (Å²) < 4.78 is 82.1. The molecular weight excluding hydrogens is 695 g/mol. The van der Waals surface area contributed by atoms with Crippen LogP contribution in [0.25, 0.3) is 0 Å². The molecule has 1 saturated carbocycles. The zero-order valence-electron chi connectivity index (χ0n) is 26.1. The van der Waals surface area contributed by atoms with Gasteiger partial charge in [-0.15, -0.1) is 0 Å². The van der Waals surface area contributed by atoms with E-state index in [1.807, 2.05) is 4.90 Å². The first kappa shape index (κ1) is 35.9. The molecule has 2 fully saturated rings. The maximum Gasteiger partial charge on any atom is 0.387 e. The summed E-state index contributed by atoms with van der Waals surface area (Å²) in [5, 5.41) is 0.564. The molecule has 2 aromatic carbocycles. The van der Waals surface area contributed by atoms with E-state index >= 15 is 0 Å². The van der Waals surface area contributed by atoms with Crippen molar-refractivity contribution in [1.82, 2.24) is 4.90 Å². The van der Waals surface area contributed by atoms with Crippen LogP contribution < -0.4 is 23.9 Å². The molecule has 1 atom stereocenters. The number of benzene rings is 2. The van der Waals surface area contributed by atoms with Crippen molar-refractivity contribution < 1.29 is 50.7 Å².